The first-order valence-corrected chi connectivity index (χ1v) is 6.70. The van der Waals surface area contributed by atoms with Crippen molar-refractivity contribution in [3.63, 3.8) is 0 Å². The lowest BCUT2D eigenvalue weighted by Gasteiger charge is -2.18. The van der Waals surface area contributed by atoms with Crippen molar-refractivity contribution in [3.05, 3.63) is 28.4 Å². The summed E-state index contributed by atoms with van der Waals surface area (Å²) in [7, 11) is 0. The van der Waals surface area contributed by atoms with Gasteiger partial charge in [-0.2, -0.15) is 0 Å². The average Bonchev–Trinajstić information content (AvgIpc) is 2.54. The minimum absolute atomic E-state index is 0.292. The van der Waals surface area contributed by atoms with Crippen LogP contribution in [0.25, 0.3) is 10.8 Å². The molecule has 2 rings (SSSR count). The van der Waals surface area contributed by atoms with E-state index in [4.69, 9.17) is 0 Å². The molecule has 1 unspecified atom stereocenters. The van der Waals surface area contributed by atoms with Crippen molar-refractivity contribution in [1.29, 1.82) is 0 Å². The number of benzene rings is 1. The molecule has 2 nitrogen and oxygen atoms in total. The summed E-state index contributed by atoms with van der Waals surface area (Å²) < 4.78 is 3.02. The van der Waals surface area contributed by atoms with Gasteiger partial charge in [0.1, 0.15) is 0 Å². The van der Waals surface area contributed by atoms with E-state index in [0.717, 1.165) is 20.8 Å². The molecule has 3 heteroatoms. The van der Waals surface area contributed by atoms with Crippen LogP contribution in [0.4, 0.5) is 0 Å². The van der Waals surface area contributed by atoms with Gasteiger partial charge in [-0.1, -0.05) is 29.8 Å². The van der Waals surface area contributed by atoms with Crippen LogP contribution in [0.5, 0.6) is 5.88 Å². The van der Waals surface area contributed by atoms with Crippen molar-refractivity contribution in [2.75, 3.05) is 0 Å². The second-order valence-electron chi connectivity index (χ2n) is 5.03. The van der Waals surface area contributed by atoms with Crippen molar-refractivity contribution in [1.82, 2.24) is 4.57 Å². The van der Waals surface area contributed by atoms with Crippen LogP contribution in [0.15, 0.2) is 22.8 Å². The Bertz CT molecular complexity index is 557. The zero-order valence-corrected chi connectivity index (χ0v) is 12.2. The maximum Gasteiger partial charge on any atom is 0.199 e. The molecule has 1 aromatic carbocycles. The summed E-state index contributed by atoms with van der Waals surface area (Å²) in [4.78, 5) is 0. The molecule has 17 heavy (non-hydrogen) atoms. The van der Waals surface area contributed by atoms with Crippen LogP contribution in [0, 0.1) is 12.8 Å². The van der Waals surface area contributed by atoms with Gasteiger partial charge >= 0.3 is 0 Å². The van der Waals surface area contributed by atoms with Crippen molar-refractivity contribution in [2.24, 2.45) is 5.92 Å². The van der Waals surface area contributed by atoms with Gasteiger partial charge in [-0.15, -0.1) is 0 Å². The quantitative estimate of drug-likeness (QED) is 0.858. The van der Waals surface area contributed by atoms with Gasteiger partial charge in [-0.25, -0.2) is 0 Å². The molecule has 1 heterocycles. The summed E-state index contributed by atoms with van der Waals surface area (Å²) >= 11 is 3.49. The van der Waals surface area contributed by atoms with E-state index in [1.165, 1.54) is 0 Å². The van der Waals surface area contributed by atoms with Gasteiger partial charge in [-0.3, -0.25) is 0 Å². The summed E-state index contributed by atoms with van der Waals surface area (Å²) in [5.41, 5.74) is 1.10. The highest BCUT2D eigenvalue weighted by atomic mass is 79.9. The smallest absolute Gasteiger partial charge is 0.199 e. The number of aromatic nitrogens is 1. The van der Waals surface area contributed by atoms with Crippen LogP contribution in [0.1, 0.15) is 32.4 Å². The van der Waals surface area contributed by atoms with Gasteiger partial charge in [0.15, 0.2) is 5.88 Å². The Morgan fingerprint density at radius 2 is 1.88 bits per heavy atom. The van der Waals surface area contributed by atoms with E-state index < -0.39 is 0 Å². The van der Waals surface area contributed by atoms with Crippen molar-refractivity contribution >= 4 is 26.7 Å². The second kappa shape index (κ2) is 4.37. The molecule has 1 N–H and O–H groups in total. The average molecular weight is 296 g/mol. The normalized spacial score (nSPS) is 13.5. The second-order valence-corrected chi connectivity index (χ2v) is 5.95. The number of fused-ring (bicyclic) bond motifs is 1. The summed E-state index contributed by atoms with van der Waals surface area (Å²) in [5, 5.41) is 12.4. The molecule has 0 saturated carbocycles. The number of halogens is 1. The fourth-order valence-electron chi connectivity index (χ4n) is 2.15. The molecule has 0 saturated heterocycles. The first kappa shape index (κ1) is 12.5. The predicted octanol–water partition coefficient (Wildman–Crippen LogP) is 4.63. The Hall–Kier alpha value is -0.960. The van der Waals surface area contributed by atoms with Crippen LogP contribution >= 0.6 is 15.9 Å². The predicted molar refractivity (Wildman–Crippen MR) is 75.6 cm³/mol. The first-order chi connectivity index (χ1) is 7.91. The molecule has 0 aliphatic carbocycles. The number of nitrogens with zero attached hydrogens (tertiary/aromatic N) is 1. The minimum Gasteiger partial charge on any atom is -0.494 e. The largest absolute Gasteiger partial charge is 0.494 e. The lowest BCUT2D eigenvalue weighted by atomic mass is 10.1. The van der Waals surface area contributed by atoms with Gasteiger partial charge < -0.3 is 9.67 Å². The Morgan fingerprint density at radius 3 is 2.47 bits per heavy atom. The molecule has 0 aliphatic heterocycles. The Balaban J connectivity index is 2.69. The van der Waals surface area contributed by atoms with Crippen molar-refractivity contribution in [2.45, 2.75) is 33.7 Å². The molecule has 0 amide bonds. The number of aryl methyl sites for hydroxylation is 1. The van der Waals surface area contributed by atoms with E-state index in [2.05, 4.69) is 36.7 Å². The van der Waals surface area contributed by atoms with E-state index in [1.807, 2.05) is 29.8 Å². The third-order valence-corrected chi connectivity index (χ3v) is 3.94. The number of hydrogen-bond acceptors (Lipinski definition) is 1. The minimum atomic E-state index is 0.292. The fourth-order valence-corrected chi connectivity index (χ4v) is 2.74. The maximum atomic E-state index is 10.3. The van der Waals surface area contributed by atoms with Crippen LogP contribution in [0.2, 0.25) is 0 Å². The van der Waals surface area contributed by atoms with E-state index in [-0.39, 0.29) is 0 Å². The van der Waals surface area contributed by atoms with Gasteiger partial charge in [0.25, 0.3) is 0 Å². The van der Waals surface area contributed by atoms with Gasteiger partial charge in [0.2, 0.25) is 0 Å². The van der Waals surface area contributed by atoms with Gasteiger partial charge in [-0.05, 0) is 37.5 Å². The highest BCUT2D eigenvalue weighted by Crippen LogP contribution is 2.36. The number of rotatable bonds is 2. The van der Waals surface area contributed by atoms with Crippen molar-refractivity contribution < 1.29 is 5.11 Å². The lowest BCUT2D eigenvalue weighted by molar-refractivity contribution is 0.346. The van der Waals surface area contributed by atoms with Gasteiger partial charge in [0.05, 0.1) is 0 Å². The molecule has 1 atom stereocenters. The van der Waals surface area contributed by atoms with E-state index in [1.54, 1.807) is 0 Å². The molecular weight excluding hydrogens is 278 g/mol. The maximum absolute atomic E-state index is 10.3. The topological polar surface area (TPSA) is 25.2 Å². The molecule has 0 aliphatic rings. The first-order valence-electron chi connectivity index (χ1n) is 5.91. The van der Waals surface area contributed by atoms with E-state index in [9.17, 15) is 5.11 Å². The van der Waals surface area contributed by atoms with Crippen LogP contribution < -0.4 is 0 Å². The third-order valence-electron chi connectivity index (χ3n) is 3.48. The van der Waals surface area contributed by atoms with Crippen LogP contribution in [-0.4, -0.2) is 9.67 Å². The summed E-state index contributed by atoms with van der Waals surface area (Å²) in [5.74, 6) is 0.873. The molecule has 0 fully saturated rings. The highest BCUT2D eigenvalue weighted by molar-refractivity contribution is 9.10. The van der Waals surface area contributed by atoms with Crippen molar-refractivity contribution in [3.8, 4) is 5.88 Å². The monoisotopic (exact) mass is 295 g/mol. The third kappa shape index (κ3) is 2.08. The summed E-state index contributed by atoms with van der Waals surface area (Å²) in [6, 6.07) is 4.37. The molecule has 1 aromatic heterocycles. The van der Waals surface area contributed by atoms with E-state index in [0.29, 0.717) is 17.8 Å². The Morgan fingerprint density at radius 1 is 1.24 bits per heavy atom. The molecule has 0 radical (unpaired) electrons. The standard InChI is InChI=1S/C14H18BrNO/c1-8(2)10(4)16-7-11-6-12(15)5-9(3)13(11)14(16)17/h5-8,10,17H,1-4H3. The lowest BCUT2D eigenvalue weighted by Crippen LogP contribution is -2.09. The molecule has 0 spiro atoms. The molecule has 0 bridgehead atoms. The summed E-state index contributed by atoms with van der Waals surface area (Å²) in [6.07, 6.45) is 2.03. The fraction of sp³-hybridized carbons (Fsp3) is 0.429. The van der Waals surface area contributed by atoms with Crippen LogP contribution in [-0.2, 0) is 0 Å². The Labute approximate surface area is 110 Å². The SMILES string of the molecule is Cc1cc(Br)cc2cn(C(C)C(C)C)c(O)c12. The zero-order chi connectivity index (χ0) is 12.7. The zero-order valence-electron chi connectivity index (χ0n) is 10.7. The summed E-state index contributed by atoms with van der Waals surface area (Å²) in [6.45, 7) is 8.49. The highest BCUT2D eigenvalue weighted by Gasteiger charge is 2.17. The van der Waals surface area contributed by atoms with Crippen LogP contribution in [0.3, 0.4) is 0 Å². The molecular formula is C14H18BrNO. The van der Waals surface area contributed by atoms with Gasteiger partial charge in [0, 0.05) is 27.5 Å². The number of aromatic hydroxyl groups is 1. The molecule has 92 valence electrons. The Kier molecular flexibility index (Phi) is 3.21. The van der Waals surface area contributed by atoms with E-state index >= 15 is 0 Å². The molecule has 2 aromatic rings. The number of hydrogen-bond donors (Lipinski definition) is 1.